The van der Waals surface area contributed by atoms with Gasteiger partial charge in [-0.1, -0.05) is 0 Å². The number of nitrogens with one attached hydrogen (secondary N) is 1. The molecule has 1 aromatic rings. The van der Waals surface area contributed by atoms with E-state index < -0.39 is 15.6 Å². The first kappa shape index (κ1) is 13.5. The number of nitrogens with zero attached hydrogens (tertiary/aromatic N) is 2. The molecule has 0 saturated carbocycles. The van der Waals surface area contributed by atoms with Crippen LogP contribution in [0.2, 0.25) is 0 Å². The quantitative estimate of drug-likeness (QED) is 0.888. The summed E-state index contributed by atoms with van der Waals surface area (Å²) in [5, 5.41) is 6.44. The standard InChI is InChI=1S/C11H19N3O3S/c1-9-10(7-12-13-9)18(15,16)14-6-4-5-11(2,8-14)17-3/h7H,4-6,8H2,1-3H3,(H,12,13). The number of methoxy groups -OCH3 is 1. The lowest BCUT2D eigenvalue weighted by atomic mass is 9.96. The number of aryl methyl sites for hydroxylation is 1. The predicted octanol–water partition coefficient (Wildman–Crippen LogP) is 0.908. The maximum absolute atomic E-state index is 12.5. The summed E-state index contributed by atoms with van der Waals surface area (Å²) >= 11 is 0. The topological polar surface area (TPSA) is 75.3 Å². The Morgan fingerprint density at radius 3 is 2.83 bits per heavy atom. The van der Waals surface area contributed by atoms with Crippen molar-refractivity contribution in [2.45, 2.75) is 37.2 Å². The molecule has 0 bridgehead atoms. The van der Waals surface area contributed by atoms with Gasteiger partial charge in [0, 0.05) is 20.2 Å². The fraction of sp³-hybridized carbons (Fsp3) is 0.727. The number of hydrogen-bond acceptors (Lipinski definition) is 4. The van der Waals surface area contributed by atoms with Gasteiger partial charge in [0.05, 0.1) is 17.5 Å². The van der Waals surface area contributed by atoms with Crippen LogP contribution in [0.15, 0.2) is 11.1 Å². The molecule has 1 fully saturated rings. The van der Waals surface area contributed by atoms with Gasteiger partial charge in [0.1, 0.15) is 4.90 Å². The Kier molecular flexibility index (Phi) is 3.48. The zero-order chi connectivity index (χ0) is 13.4. The van der Waals surface area contributed by atoms with Crippen LogP contribution in [0.3, 0.4) is 0 Å². The number of H-pyrrole nitrogens is 1. The lowest BCUT2D eigenvalue weighted by Crippen LogP contribution is -2.49. The van der Waals surface area contributed by atoms with Crippen molar-refractivity contribution in [1.29, 1.82) is 0 Å². The van der Waals surface area contributed by atoms with Gasteiger partial charge in [-0.15, -0.1) is 0 Å². The van der Waals surface area contributed by atoms with Crippen LogP contribution < -0.4 is 0 Å². The van der Waals surface area contributed by atoms with Gasteiger partial charge in [-0.2, -0.15) is 9.40 Å². The molecule has 0 aliphatic carbocycles. The molecule has 7 heteroatoms. The molecule has 2 rings (SSSR count). The van der Waals surface area contributed by atoms with Gasteiger partial charge in [-0.3, -0.25) is 5.10 Å². The maximum atomic E-state index is 12.5. The molecular weight excluding hydrogens is 254 g/mol. The van der Waals surface area contributed by atoms with E-state index in [2.05, 4.69) is 10.2 Å². The number of sulfonamides is 1. The van der Waals surface area contributed by atoms with Crippen LogP contribution in [-0.4, -0.2) is 48.7 Å². The summed E-state index contributed by atoms with van der Waals surface area (Å²) in [5.74, 6) is 0. The average Bonchev–Trinajstić information content (AvgIpc) is 2.76. The van der Waals surface area contributed by atoms with Crippen molar-refractivity contribution in [3.8, 4) is 0 Å². The summed E-state index contributed by atoms with van der Waals surface area (Å²) in [5.41, 5.74) is 0.169. The van der Waals surface area contributed by atoms with Crippen LogP contribution in [0.25, 0.3) is 0 Å². The van der Waals surface area contributed by atoms with Crippen molar-refractivity contribution in [3.63, 3.8) is 0 Å². The van der Waals surface area contributed by atoms with Crippen molar-refractivity contribution in [2.24, 2.45) is 0 Å². The first-order valence-corrected chi connectivity index (χ1v) is 7.38. The summed E-state index contributed by atoms with van der Waals surface area (Å²) < 4.78 is 31.9. The predicted molar refractivity (Wildman–Crippen MR) is 66.7 cm³/mol. The van der Waals surface area contributed by atoms with Gasteiger partial charge in [-0.05, 0) is 26.7 Å². The zero-order valence-electron chi connectivity index (χ0n) is 10.9. The van der Waals surface area contributed by atoms with Crippen LogP contribution in [-0.2, 0) is 14.8 Å². The number of ether oxygens (including phenoxy) is 1. The zero-order valence-corrected chi connectivity index (χ0v) is 11.7. The second-order valence-corrected chi connectivity index (χ2v) is 6.86. The van der Waals surface area contributed by atoms with Crippen LogP contribution in [0.5, 0.6) is 0 Å². The molecule has 2 heterocycles. The molecule has 18 heavy (non-hydrogen) atoms. The molecule has 6 nitrogen and oxygen atoms in total. The lowest BCUT2D eigenvalue weighted by Gasteiger charge is -2.38. The first-order valence-electron chi connectivity index (χ1n) is 5.94. The SMILES string of the molecule is COC1(C)CCCN(S(=O)(=O)c2cn[nH]c2C)C1. The number of piperidine rings is 1. The van der Waals surface area contributed by atoms with Gasteiger partial charge in [-0.25, -0.2) is 8.42 Å². The largest absolute Gasteiger partial charge is 0.377 e. The van der Waals surface area contributed by atoms with Crippen LogP contribution in [0, 0.1) is 6.92 Å². The van der Waals surface area contributed by atoms with E-state index in [1.165, 1.54) is 10.5 Å². The van der Waals surface area contributed by atoms with Crippen molar-refractivity contribution in [3.05, 3.63) is 11.9 Å². The highest BCUT2D eigenvalue weighted by Crippen LogP contribution is 2.28. The maximum Gasteiger partial charge on any atom is 0.246 e. The highest BCUT2D eigenvalue weighted by atomic mass is 32.2. The lowest BCUT2D eigenvalue weighted by molar-refractivity contribution is -0.0319. The Hall–Kier alpha value is -0.920. The van der Waals surface area contributed by atoms with E-state index >= 15 is 0 Å². The van der Waals surface area contributed by atoms with Crippen molar-refractivity contribution in [2.75, 3.05) is 20.2 Å². The van der Waals surface area contributed by atoms with Gasteiger partial charge in [0.15, 0.2) is 0 Å². The van der Waals surface area contributed by atoms with Crippen LogP contribution >= 0.6 is 0 Å². The van der Waals surface area contributed by atoms with E-state index in [9.17, 15) is 8.42 Å². The number of aromatic amines is 1. The van der Waals surface area contributed by atoms with Gasteiger partial charge >= 0.3 is 0 Å². The van der Waals surface area contributed by atoms with Crippen molar-refractivity contribution >= 4 is 10.0 Å². The van der Waals surface area contributed by atoms with Crippen molar-refractivity contribution in [1.82, 2.24) is 14.5 Å². The molecule has 102 valence electrons. The second kappa shape index (κ2) is 4.64. The molecule has 1 N–H and O–H groups in total. The van der Waals surface area contributed by atoms with Gasteiger partial charge in [0.25, 0.3) is 0 Å². The minimum atomic E-state index is -3.47. The highest BCUT2D eigenvalue weighted by molar-refractivity contribution is 7.89. The van der Waals surface area contributed by atoms with E-state index in [1.807, 2.05) is 6.92 Å². The molecule has 0 spiro atoms. The van der Waals surface area contributed by atoms with Gasteiger partial charge < -0.3 is 4.74 Å². The molecule has 0 aromatic carbocycles. The number of hydrogen-bond donors (Lipinski definition) is 1. The van der Waals surface area contributed by atoms with E-state index in [0.717, 1.165) is 12.8 Å². The Bertz CT molecular complexity index is 525. The summed E-state index contributed by atoms with van der Waals surface area (Å²) in [6.07, 6.45) is 3.05. The van der Waals surface area contributed by atoms with Crippen LogP contribution in [0.4, 0.5) is 0 Å². The molecule has 1 aliphatic rings. The fourth-order valence-electron chi connectivity index (χ4n) is 2.27. The molecule has 1 saturated heterocycles. The third kappa shape index (κ3) is 2.30. The Morgan fingerprint density at radius 2 is 2.28 bits per heavy atom. The summed E-state index contributed by atoms with van der Waals surface area (Å²) in [6.45, 7) is 4.57. The Morgan fingerprint density at radius 1 is 1.56 bits per heavy atom. The monoisotopic (exact) mass is 273 g/mol. The smallest absolute Gasteiger partial charge is 0.246 e. The second-order valence-electron chi connectivity index (χ2n) is 4.96. The molecule has 1 aromatic heterocycles. The van der Waals surface area contributed by atoms with Gasteiger partial charge in [0.2, 0.25) is 10.0 Å². The number of rotatable bonds is 3. The highest BCUT2D eigenvalue weighted by Gasteiger charge is 2.37. The molecule has 0 amide bonds. The Labute approximate surface area is 107 Å². The molecular formula is C11H19N3O3S. The normalized spacial score (nSPS) is 26.4. The van der Waals surface area contributed by atoms with Crippen LogP contribution in [0.1, 0.15) is 25.5 Å². The summed E-state index contributed by atoms with van der Waals surface area (Å²) in [4.78, 5) is 0.253. The molecule has 0 radical (unpaired) electrons. The molecule has 1 atom stereocenters. The third-order valence-corrected chi connectivity index (χ3v) is 5.48. The summed E-state index contributed by atoms with van der Waals surface area (Å²) in [6, 6.07) is 0. The summed E-state index contributed by atoms with van der Waals surface area (Å²) in [7, 11) is -1.85. The number of aromatic nitrogens is 2. The minimum Gasteiger partial charge on any atom is -0.377 e. The Balaban J connectivity index is 2.29. The van der Waals surface area contributed by atoms with E-state index in [-0.39, 0.29) is 4.90 Å². The molecule has 1 aliphatic heterocycles. The van der Waals surface area contributed by atoms with Crippen molar-refractivity contribution < 1.29 is 13.2 Å². The fourth-order valence-corrected chi connectivity index (χ4v) is 3.98. The molecule has 1 unspecified atom stereocenters. The van der Waals surface area contributed by atoms with E-state index in [1.54, 1.807) is 14.0 Å². The van der Waals surface area contributed by atoms with E-state index in [4.69, 9.17) is 4.74 Å². The van der Waals surface area contributed by atoms with E-state index in [0.29, 0.717) is 18.8 Å². The third-order valence-electron chi connectivity index (χ3n) is 3.52. The first-order chi connectivity index (χ1) is 8.39. The average molecular weight is 273 g/mol. The minimum absolute atomic E-state index is 0.253.